The maximum absolute atomic E-state index is 14.1. The fourth-order valence-corrected chi connectivity index (χ4v) is 2.35. The van der Waals surface area contributed by atoms with Crippen LogP contribution in [0.15, 0.2) is 6.33 Å². The fraction of sp³-hybridized carbons (Fsp3) is 0.500. The van der Waals surface area contributed by atoms with Gasteiger partial charge >= 0.3 is 0 Å². The van der Waals surface area contributed by atoms with Gasteiger partial charge < -0.3 is 20.7 Å². The average Bonchev–Trinajstić information content (AvgIpc) is 2.93. The van der Waals surface area contributed by atoms with E-state index in [-0.39, 0.29) is 22.3 Å². The zero-order valence-corrected chi connectivity index (χ0v) is 10.8. The second-order valence-electron chi connectivity index (χ2n) is 4.38. The molecule has 108 valence electrons. The van der Waals surface area contributed by atoms with Crippen LogP contribution >= 0.6 is 11.6 Å². The first-order valence-corrected chi connectivity index (χ1v) is 6.14. The third-order valence-electron chi connectivity index (χ3n) is 3.17. The lowest BCUT2D eigenvalue weighted by Gasteiger charge is -2.15. The molecule has 1 aliphatic rings. The smallest absolute Gasteiger partial charge is 0.226 e. The van der Waals surface area contributed by atoms with E-state index < -0.39 is 31.2 Å². The second kappa shape index (κ2) is 4.77. The molecule has 10 heteroatoms. The molecule has 4 N–H and O–H groups in total. The summed E-state index contributed by atoms with van der Waals surface area (Å²) in [5.74, 6) is 0.0615. The highest BCUT2D eigenvalue weighted by molar-refractivity contribution is 6.28. The van der Waals surface area contributed by atoms with Crippen LogP contribution in [0.4, 0.5) is 10.2 Å². The molecule has 20 heavy (non-hydrogen) atoms. The van der Waals surface area contributed by atoms with E-state index in [1.807, 2.05) is 0 Å². The van der Waals surface area contributed by atoms with Crippen molar-refractivity contribution in [1.29, 1.82) is 0 Å². The van der Waals surface area contributed by atoms with Gasteiger partial charge in [0.2, 0.25) is 5.28 Å². The molecule has 0 amide bonds. The topological polar surface area (TPSA) is 119 Å². The molecule has 0 aliphatic carbocycles. The minimum Gasteiger partial charge on any atom is -0.394 e. The van der Waals surface area contributed by atoms with Crippen molar-refractivity contribution in [2.24, 2.45) is 0 Å². The van der Waals surface area contributed by atoms with Gasteiger partial charge in [-0.25, -0.2) is 9.37 Å². The molecule has 2 aromatic rings. The lowest BCUT2D eigenvalue weighted by molar-refractivity contribution is -0.0459. The molecule has 0 spiro atoms. The van der Waals surface area contributed by atoms with Crippen molar-refractivity contribution in [2.75, 3.05) is 12.3 Å². The number of nitrogens with zero attached hydrogens (tertiary/aromatic N) is 4. The predicted molar refractivity (Wildman–Crippen MR) is 66.6 cm³/mol. The minimum atomic E-state index is -1.74. The third-order valence-corrected chi connectivity index (χ3v) is 3.34. The molecule has 0 bridgehead atoms. The van der Waals surface area contributed by atoms with Crippen LogP contribution < -0.4 is 5.73 Å². The number of anilines is 1. The molecule has 4 atom stereocenters. The predicted octanol–water partition coefficient (Wildman–Crippen LogP) is -0.349. The summed E-state index contributed by atoms with van der Waals surface area (Å²) in [4.78, 5) is 11.7. The SMILES string of the molecule is Nc1nc(Cl)nc2c1ncn2[C@H]1O[C@H](CO)C(O)C1F. The first-order chi connectivity index (χ1) is 9.52. The van der Waals surface area contributed by atoms with Gasteiger partial charge in [-0.1, -0.05) is 0 Å². The van der Waals surface area contributed by atoms with Crippen LogP contribution in [-0.2, 0) is 4.74 Å². The molecular formula is C10H11ClFN5O3. The molecule has 1 saturated heterocycles. The highest BCUT2D eigenvalue weighted by Crippen LogP contribution is 2.34. The van der Waals surface area contributed by atoms with Crippen molar-refractivity contribution in [3.05, 3.63) is 11.6 Å². The number of nitrogen functional groups attached to an aromatic ring is 1. The van der Waals surface area contributed by atoms with E-state index in [1.54, 1.807) is 0 Å². The number of aromatic nitrogens is 4. The Balaban J connectivity index is 2.07. The Kier molecular flexibility index (Phi) is 3.21. The van der Waals surface area contributed by atoms with Gasteiger partial charge in [0.25, 0.3) is 0 Å². The molecule has 3 rings (SSSR count). The number of aliphatic hydroxyl groups excluding tert-OH is 2. The molecule has 1 fully saturated rings. The minimum absolute atomic E-state index is 0.0615. The van der Waals surface area contributed by atoms with Crippen LogP contribution in [0.2, 0.25) is 5.28 Å². The summed E-state index contributed by atoms with van der Waals surface area (Å²) in [5.41, 5.74) is 6.10. The van der Waals surface area contributed by atoms with Gasteiger partial charge in [0.05, 0.1) is 12.9 Å². The highest BCUT2D eigenvalue weighted by Gasteiger charge is 2.45. The number of imidazole rings is 1. The number of alkyl halides is 1. The Bertz CT molecular complexity index is 653. The molecular weight excluding hydrogens is 293 g/mol. The number of halogens is 2. The summed E-state index contributed by atoms with van der Waals surface area (Å²) in [6.45, 7) is -0.497. The van der Waals surface area contributed by atoms with Gasteiger partial charge in [-0.15, -0.1) is 0 Å². The summed E-state index contributed by atoms with van der Waals surface area (Å²) in [5, 5.41) is 18.6. The van der Waals surface area contributed by atoms with Gasteiger partial charge in [0.15, 0.2) is 23.9 Å². The average molecular weight is 304 g/mol. The molecule has 3 heterocycles. The summed E-state index contributed by atoms with van der Waals surface area (Å²) in [6, 6.07) is 0. The zero-order valence-electron chi connectivity index (χ0n) is 10.0. The number of hydrogen-bond donors (Lipinski definition) is 3. The van der Waals surface area contributed by atoms with Crippen LogP contribution in [0.3, 0.4) is 0 Å². The number of fused-ring (bicyclic) bond motifs is 1. The van der Waals surface area contributed by atoms with Gasteiger partial charge in [0, 0.05) is 0 Å². The zero-order chi connectivity index (χ0) is 14.4. The van der Waals surface area contributed by atoms with E-state index in [9.17, 15) is 9.50 Å². The first-order valence-electron chi connectivity index (χ1n) is 5.77. The second-order valence-corrected chi connectivity index (χ2v) is 4.72. The maximum atomic E-state index is 14.1. The third kappa shape index (κ3) is 1.90. The van der Waals surface area contributed by atoms with Crippen molar-refractivity contribution in [2.45, 2.75) is 24.6 Å². The van der Waals surface area contributed by atoms with E-state index in [0.717, 1.165) is 0 Å². The van der Waals surface area contributed by atoms with Crippen LogP contribution in [0.25, 0.3) is 11.2 Å². The lowest BCUT2D eigenvalue weighted by atomic mass is 10.1. The van der Waals surface area contributed by atoms with E-state index in [2.05, 4.69) is 15.0 Å². The number of hydrogen-bond acceptors (Lipinski definition) is 7. The summed E-state index contributed by atoms with van der Waals surface area (Å²) >= 11 is 5.71. The number of rotatable bonds is 2. The molecule has 0 radical (unpaired) electrons. The van der Waals surface area contributed by atoms with E-state index in [4.69, 9.17) is 27.2 Å². The van der Waals surface area contributed by atoms with Crippen molar-refractivity contribution < 1.29 is 19.3 Å². The summed E-state index contributed by atoms with van der Waals surface area (Å²) in [6.07, 6.45) is -4.08. The first kappa shape index (κ1) is 13.4. The van der Waals surface area contributed by atoms with Crippen molar-refractivity contribution >= 4 is 28.6 Å². The summed E-state index contributed by atoms with van der Waals surface area (Å²) in [7, 11) is 0. The normalized spacial score (nSPS) is 30.2. The van der Waals surface area contributed by atoms with Crippen LogP contribution in [0.1, 0.15) is 6.23 Å². The number of aliphatic hydroxyl groups is 2. The standard InChI is InChI=1S/C10H11ClFN5O3/c11-10-15-7(13)5-8(16-10)17(2-14-5)9-4(12)6(19)3(1-18)20-9/h2-4,6,9,18-19H,1H2,(H2,13,15,16)/t3-,4?,6?,9+/m1/s1. The van der Waals surface area contributed by atoms with Gasteiger partial charge in [-0.3, -0.25) is 4.57 Å². The van der Waals surface area contributed by atoms with E-state index >= 15 is 0 Å². The Hall–Kier alpha value is -1.55. The van der Waals surface area contributed by atoms with Crippen LogP contribution in [0, 0.1) is 0 Å². The monoisotopic (exact) mass is 303 g/mol. The number of nitrogens with two attached hydrogens (primary N) is 1. The lowest BCUT2D eigenvalue weighted by Crippen LogP contribution is -2.30. The van der Waals surface area contributed by atoms with Crippen molar-refractivity contribution in [3.8, 4) is 0 Å². The Morgan fingerprint density at radius 1 is 1.50 bits per heavy atom. The Morgan fingerprint density at radius 2 is 2.25 bits per heavy atom. The maximum Gasteiger partial charge on any atom is 0.226 e. The molecule has 0 aromatic carbocycles. The van der Waals surface area contributed by atoms with Crippen molar-refractivity contribution in [3.63, 3.8) is 0 Å². The molecule has 8 nitrogen and oxygen atoms in total. The highest BCUT2D eigenvalue weighted by atomic mass is 35.5. The summed E-state index contributed by atoms with van der Waals surface area (Å²) < 4.78 is 20.6. The molecule has 2 aromatic heterocycles. The van der Waals surface area contributed by atoms with Crippen LogP contribution in [-0.4, -0.2) is 54.7 Å². The van der Waals surface area contributed by atoms with E-state index in [1.165, 1.54) is 10.9 Å². The van der Waals surface area contributed by atoms with Gasteiger partial charge in [-0.2, -0.15) is 9.97 Å². The van der Waals surface area contributed by atoms with Crippen LogP contribution in [0.5, 0.6) is 0 Å². The number of ether oxygens (including phenoxy) is 1. The van der Waals surface area contributed by atoms with Gasteiger partial charge in [-0.05, 0) is 11.6 Å². The van der Waals surface area contributed by atoms with Gasteiger partial charge in [0.1, 0.15) is 17.7 Å². The Morgan fingerprint density at radius 3 is 2.90 bits per heavy atom. The quantitative estimate of drug-likeness (QED) is 0.649. The Labute approximate surface area is 117 Å². The molecule has 1 aliphatic heterocycles. The molecule has 2 unspecified atom stereocenters. The van der Waals surface area contributed by atoms with Crippen molar-refractivity contribution in [1.82, 2.24) is 19.5 Å². The largest absolute Gasteiger partial charge is 0.394 e. The molecule has 0 saturated carbocycles. The fourth-order valence-electron chi connectivity index (χ4n) is 2.18. The van der Waals surface area contributed by atoms with E-state index in [0.29, 0.717) is 0 Å².